The molecule has 0 amide bonds. The van der Waals surface area contributed by atoms with Crippen LogP contribution in [0.15, 0.2) is 30.3 Å². The molecule has 0 N–H and O–H groups in total. The first kappa shape index (κ1) is 14.3. The van der Waals surface area contributed by atoms with Crippen molar-refractivity contribution in [1.82, 2.24) is 10.0 Å². The summed E-state index contributed by atoms with van der Waals surface area (Å²) >= 11 is 3.43. The lowest BCUT2D eigenvalue weighted by Gasteiger charge is -2.32. The van der Waals surface area contributed by atoms with Crippen LogP contribution in [0.5, 0.6) is 0 Å². The fourth-order valence-electron chi connectivity index (χ4n) is 3.28. The van der Waals surface area contributed by atoms with Gasteiger partial charge in [-0.1, -0.05) is 12.1 Å². The van der Waals surface area contributed by atoms with E-state index in [1.165, 1.54) is 19.5 Å². The highest BCUT2D eigenvalue weighted by Crippen LogP contribution is 2.53. The largest absolute Gasteiger partial charge is 0.235 e. The minimum absolute atomic E-state index is 0.474. The predicted molar refractivity (Wildman–Crippen MR) is 91.5 cm³/mol. The molecule has 5 heteroatoms. The molecule has 0 bridgehead atoms. The van der Waals surface area contributed by atoms with Crippen molar-refractivity contribution < 1.29 is 5.21 Å². The third-order valence-corrected chi connectivity index (χ3v) is 7.12. The van der Waals surface area contributed by atoms with E-state index in [0.29, 0.717) is 0 Å². The van der Waals surface area contributed by atoms with Gasteiger partial charge in [0.1, 0.15) is 5.01 Å². The summed E-state index contributed by atoms with van der Waals surface area (Å²) < 4.78 is 1.20. The normalized spacial score (nSPS) is 19.7. The van der Waals surface area contributed by atoms with Crippen molar-refractivity contribution in [2.75, 3.05) is 0 Å². The Morgan fingerprint density at radius 2 is 1.77 bits per heavy atom. The van der Waals surface area contributed by atoms with E-state index in [1.54, 1.807) is 22.7 Å². The quantitative estimate of drug-likeness (QED) is 0.618. The summed E-state index contributed by atoms with van der Waals surface area (Å²) in [6, 6.07) is 10.4. The number of fused-ring (bicyclic) bond motifs is 2. The van der Waals surface area contributed by atoms with E-state index in [0.717, 1.165) is 16.1 Å². The van der Waals surface area contributed by atoms with E-state index < -0.39 is 11.1 Å². The number of thiophene rings is 1. The maximum atomic E-state index is 12.6. The number of rotatable bonds is 1. The molecule has 22 heavy (non-hydrogen) atoms. The first-order valence-electron chi connectivity index (χ1n) is 7.30. The van der Waals surface area contributed by atoms with Gasteiger partial charge in [0.2, 0.25) is 0 Å². The highest BCUT2D eigenvalue weighted by Gasteiger charge is 2.51. The highest BCUT2D eigenvalue weighted by atomic mass is 32.1. The first-order chi connectivity index (χ1) is 10.3. The van der Waals surface area contributed by atoms with Crippen molar-refractivity contribution in [1.29, 1.82) is 0 Å². The van der Waals surface area contributed by atoms with Crippen LogP contribution in [0.25, 0.3) is 20.1 Å². The maximum absolute atomic E-state index is 12.6. The molecule has 2 aromatic heterocycles. The summed E-state index contributed by atoms with van der Waals surface area (Å²) in [5.41, 5.74) is 1.23. The summed E-state index contributed by atoms with van der Waals surface area (Å²) in [6.07, 6.45) is 0. The molecule has 0 fully saturated rings. The molecule has 0 saturated heterocycles. The number of benzene rings is 1. The summed E-state index contributed by atoms with van der Waals surface area (Å²) in [5, 5.41) is 14.8. The van der Waals surface area contributed by atoms with E-state index >= 15 is 0 Å². The molecule has 1 aliphatic rings. The number of para-hydroxylation sites is 1. The van der Waals surface area contributed by atoms with E-state index in [-0.39, 0.29) is 0 Å². The number of nitrogens with zero attached hydrogens (tertiary/aromatic N) is 2. The number of thiazole rings is 1. The average Bonchev–Trinajstić information content (AvgIpc) is 3.12. The standard InChI is InChI=1S/C17H17N2OS2/c1-16(2)10-9-13(21-14(10)17(3,4)19(16)20)15-18-11-7-5-6-8-12(11)22-15/h5-9H,1-4H3. The van der Waals surface area contributed by atoms with Gasteiger partial charge in [0.25, 0.3) is 0 Å². The van der Waals surface area contributed by atoms with E-state index in [2.05, 4.69) is 12.1 Å². The summed E-state index contributed by atoms with van der Waals surface area (Å²) in [4.78, 5) is 7.08. The van der Waals surface area contributed by atoms with Crippen molar-refractivity contribution in [2.45, 2.75) is 38.8 Å². The summed E-state index contributed by atoms with van der Waals surface area (Å²) in [5.74, 6) is 0. The zero-order valence-corrected chi connectivity index (χ0v) is 14.6. The molecule has 3 heterocycles. The zero-order valence-electron chi connectivity index (χ0n) is 13.0. The van der Waals surface area contributed by atoms with Crippen molar-refractivity contribution in [3.63, 3.8) is 0 Å². The molecule has 1 radical (unpaired) electrons. The lowest BCUT2D eigenvalue weighted by atomic mass is 9.98. The van der Waals surface area contributed by atoms with Crippen LogP contribution in [-0.2, 0) is 16.3 Å². The van der Waals surface area contributed by atoms with Crippen molar-refractivity contribution in [3.05, 3.63) is 40.8 Å². The van der Waals surface area contributed by atoms with E-state index in [9.17, 15) is 5.21 Å². The molecular formula is C17H17N2OS2. The maximum Gasteiger partial charge on any atom is 0.134 e. The Morgan fingerprint density at radius 3 is 2.45 bits per heavy atom. The van der Waals surface area contributed by atoms with Crippen molar-refractivity contribution in [3.8, 4) is 9.88 Å². The number of hydrogen-bond donors (Lipinski definition) is 0. The Kier molecular flexibility index (Phi) is 2.86. The molecule has 0 spiro atoms. The third kappa shape index (κ3) is 1.77. The van der Waals surface area contributed by atoms with Gasteiger partial charge in [-0.2, -0.15) is 0 Å². The molecule has 4 rings (SSSR count). The first-order valence-corrected chi connectivity index (χ1v) is 8.93. The number of aromatic nitrogens is 1. The van der Waals surface area contributed by atoms with Crippen LogP contribution in [0.1, 0.15) is 38.1 Å². The Bertz CT molecular complexity index is 809. The van der Waals surface area contributed by atoms with Crippen LogP contribution in [-0.4, -0.2) is 10.0 Å². The van der Waals surface area contributed by atoms with Crippen LogP contribution in [0.3, 0.4) is 0 Å². The third-order valence-electron chi connectivity index (χ3n) is 4.47. The zero-order chi connectivity index (χ0) is 15.7. The monoisotopic (exact) mass is 329 g/mol. The van der Waals surface area contributed by atoms with Gasteiger partial charge in [0.05, 0.1) is 26.2 Å². The SMILES string of the molecule is CC1(C)c2cc(-c3nc4ccccc4s3)sc2C(C)(C)N1[O]. The van der Waals surface area contributed by atoms with Crippen LogP contribution in [0, 0.1) is 0 Å². The second kappa shape index (κ2) is 4.38. The van der Waals surface area contributed by atoms with Crippen molar-refractivity contribution >= 4 is 32.9 Å². The number of hydroxylamine groups is 2. The Labute approximate surface area is 137 Å². The minimum atomic E-state index is -0.482. The molecule has 3 nitrogen and oxygen atoms in total. The van der Waals surface area contributed by atoms with Gasteiger partial charge in [-0.25, -0.2) is 4.98 Å². The van der Waals surface area contributed by atoms with Crippen LogP contribution in [0.2, 0.25) is 0 Å². The molecule has 0 atom stereocenters. The van der Waals surface area contributed by atoms with Gasteiger partial charge in [-0.05, 0) is 51.5 Å². The minimum Gasteiger partial charge on any atom is -0.235 e. The lowest BCUT2D eigenvalue weighted by Crippen LogP contribution is -2.41. The lowest BCUT2D eigenvalue weighted by molar-refractivity contribution is -0.265. The average molecular weight is 329 g/mol. The fraction of sp³-hybridized carbons (Fsp3) is 0.353. The smallest absolute Gasteiger partial charge is 0.134 e. The molecule has 0 aliphatic carbocycles. The van der Waals surface area contributed by atoms with Gasteiger partial charge >= 0.3 is 0 Å². The Morgan fingerprint density at radius 1 is 1.05 bits per heavy atom. The highest BCUT2D eigenvalue weighted by molar-refractivity contribution is 7.25. The second-order valence-corrected chi connectivity index (χ2v) is 8.84. The van der Waals surface area contributed by atoms with Gasteiger partial charge in [0, 0.05) is 4.88 Å². The molecule has 0 saturated carbocycles. The molecule has 0 unspecified atom stereocenters. The number of hydrogen-bond acceptors (Lipinski definition) is 4. The van der Waals surface area contributed by atoms with Crippen LogP contribution < -0.4 is 0 Å². The molecule has 1 aromatic carbocycles. The van der Waals surface area contributed by atoms with E-state index in [1.807, 2.05) is 45.9 Å². The molecule has 3 aromatic rings. The Hall–Kier alpha value is -1.27. The molecular weight excluding hydrogens is 312 g/mol. The fourth-order valence-corrected chi connectivity index (χ4v) is 5.69. The summed E-state index contributed by atoms with van der Waals surface area (Å²) in [6.45, 7) is 8.02. The summed E-state index contributed by atoms with van der Waals surface area (Å²) in [7, 11) is 0. The predicted octanol–water partition coefficient (Wildman–Crippen LogP) is 5.16. The topological polar surface area (TPSA) is 36.0 Å². The molecule has 113 valence electrons. The van der Waals surface area contributed by atoms with Crippen molar-refractivity contribution in [2.24, 2.45) is 0 Å². The second-order valence-electron chi connectivity index (χ2n) is 6.75. The van der Waals surface area contributed by atoms with Gasteiger partial charge in [-0.3, -0.25) is 0 Å². The van der Waals surface area contributed by atoms with Gasteiger partial charge < -0.3 is 0 Å². The van der Waals surface area contributed by atoms with Gasteiger partial charge in [0.15, 0.2) is 0 Å². The van der Waals surface area contributed by atoms with Crippen LogP contribution >= 0.6 is 22.7 Å². The van der Waals surface area contributed by atoms with Gasteiger partial charge in [-0.15, -0.1) is 32.9 Å². The van der Waals surface area contributed by atoms with E-state index in [4.69, 9.17) is 4.98 Å². The van der Waals surface area contributed by atoms with Crippen LogP contribution in [0.4, 0.5) is 0 Å². The molecule has 1 aliphatic heterocycles. The Balaban J connectivity index is 1.88.